The van der Waals surface area contributed by atoms with Crippen LogP contribution in [0.4, 0.5) is 0 Å². The van der Waals surface area contributed by atoms with Gasteiger partial charge in [-0.05, 0) is 24.0 Å². The van der Waals surface area contributed by atoms with Gasteiger partial charge in [0.2, 0.25) is 0 Å². The van der Waals surface area contributed by atoms with Gasteiger partial charge in [0.05, 0.1) is 12.7 Å². The summed E-state index contributed by atoms with van der Waals surface area (Å²) in [6, 6.07) is 9.38. The molecular weight excluding hydrogens is 382 g/mol. The molecule has 1 saturated carbocycles. The van der Waals surface area contributed by atoms with E-state index in [4.69, 9.17) is 0 Å². The molecule has 1 aromatic carbocycles. The topological polar surface area (TPSA) is 110 Å². The molecule has 30 heavy (non-hydrogen) atoms. The summed E-state index contributed by atoms with van der Waals surface area (Å²) in [5.41, 5.74) is 0.565. The molecule has 0 aliphatic heterocycles. The minimum Gasteiger partial charge on any atom is -0.503 e. The summed E-state index contributed by atoms with van der Waals surface area (Å²) in [4.78, 5) is 33.3. The lowest BCUT2D eigenvalue weighted by atomic mass is 9.80. The van der Waals surface area contributed by atoms with Crippen molar-refractivity contribution in [2.75, 3.05) is 0 Å². The van der Waals surface area contributed by atoms with Gasteiger partial charge in [-0.1, -0.05) is 43.2 Å². The first-order chi connectivity index (χ1) is 14.6. The van der Waals surface area contributed by atoms with Crippen molar-refractivity contribution in [1.82, 2.24) is 25.1 Å². The second-order valence-electron chi connectivity index (χ2n) is 7.67. The average molecular weight is 405 g/mol. The molecule has 0 unspecified atom stereocenters. The maximum Gasteiger partial charge on any atom is 0.276 e. The molecule has 1 amide bonds. The van der Waals surface area contributed by atoms with Gasteiger partial charge in [-0.25, -0.2) is 9.97 Å². The van der Waals surface area contributed by atoms with Gasteiger partial charge in [-0.3, -0.25) is 14.3 Å². The molecule has 0 spiro atoms. The van der Waals surface area contributed by atoms with Crippen LogP contribution >= 0.6 is 0 Å². The predicted octanol–water partition coefficient (Wildman–Crippen LogP) is 2.18. The van der Waals surface area contributed by atoms with Crippen molar-refractivity contribution in [3.8, 4) is 5.75 Å². The highest BCUT2D eigenvalue weighted by atomic mass is 16.3. The molecular formula is C22H23N5O3. The second kappa shape index (κ2) is 8.44. The van der Waals surface area contributed by atoms with Crippen molar-refractivity contribution in [2.45, 2.75) is 44.2 Å². The van der Waals surface area contributed by atoms with Crippen LogP contribution in [0.5, 0.6) is 5.75 Å². The Balaban J connectivity index is 1.59. The lowest BCUT2D eigenvalue weighted by Crippen LogP contribution is -2.34. The predicted molar refractivity (Wildman–Crippen MR) is 110 cm³/mol. The zero-order valence-electron chi connectivity index (χ0n) is 16.5. The van der Waals surface area contributed by atoms with Gasteiger partial charge >= 0.3 is 0 Å². The van der Waals surface area contributed by atoms with Crippen molar-refractivity contribution in [2.24, 2.45) is 0 Å². The monoisotopic (exact) mass is 405 g/mol. The van der Waals surface area contributed by atoms with Crippen LogP contribution in [0.15, 0.2) is 60.0 Å². The minimum absolute atomic E-state index is 0.243. The summed E-state index contributed by atoms with van der Waals surface area (Å²) in [7, 11) is 0. The van der Waals surface area contributed by atoms with E-state index in [1.165, 1.54) is 17.2 Å². The Hall–Kier alpha value is -3.55. The Kier molecular flexibility index (Phi) is 5.56. The van der Waals surface area contributed by atoms with Crippen LogP contribution in [0.1, 0.15) is 47.3 Å². The van der Waals surface area contributed by atoms with E-state index in [1.54, 1.807) is 12.4 Å². The lowest BCUT2D eigenvalue weighted by molar-refractivity contribution is 0.0940. The first-order valence-electron chi connectivity index (χ1n) is 9.96. The van der Waals surface area contributed by atoms with Crippen LogP contribution in [0.25, 0.3) is 0 Å². The standard InChI is InChI=1S/C22H23N5O3/c28-18-13-27(14-22(8-4-5-9-22)17-11-23-15-24-12-17)26-19(20(18)29)21(30)25-10-16-6-2-1-3-7-16/h1-3,6-7,11-13,15,28H,4-5,8-10,14H2,(H,25,30). The Morgan fingerprint density at radius 2 is 1.83 bits per heavy atom. The number of hydrogen-bond donors (Lipinski definition) is 2. The molecule has 3 aromatic rings. The quantitative estimate of drug-likeness (QED) is 0.650. The summed E-state index contributed by atoms with van der Waals surface area (Å²) >= 11 is 0. The molecule has 2 N–H and O–H groups in total. The van der Waals surface area contributed by atoms with E-state index >= 15 is 0 Å². The normalized spacial score (nSPS) is 15.1. The third kappa shape index (κ3) is 4.07. The van der Waals surface area contributed by atoms with E-state index in [-0.39, 0.29) is 17.7 Å². The Bertz CT molecular complexity index is 1080. The summed E-state index contributed by atoms with van der Waals surface area (Å²) in [6.45, 7) is 0.689. The SMILES string of the molecule is O=C(NCc1ccccc1)c1nn(CC2(c3cncnc3)CCCC2)cc(O)c1=O. The van der Waals surface area contributed by atoms with Gasteiger partial charge in [0, 0.05) is 24.4 Å². The molecule has 0 bridgehead atoms. The van der Waals surface area contributed by atoms with E-state index in [0.29, 0.717) is 6.54 Å². The van der Waals surface area contributed by atoms with Crippen LogP contribution in [-0.2, 0) is 18.5 Å². The molecule has 2 aromatic heterocycles. The minimum atomic E-state index is -0.777. The molecule has 4 rings (SSSR count). The number of nitrogens with one attached hydrogen (secondary N) is 1. The smallest absolute Gasteiger partial charge is 0.276 e. The maximum atomic E-state index is 12.6. The number of aromatic hydroxyl groups is 1. The van der Waals surface area contributed by atoms with Gasteiger partial charge < -0.3 is 10.4 Å². The molecule has 1 fully saturated rings. The molecule has 8 heteroatoms. The fourth-order valence-corrected chi connectivity index (χ4v) is 4.09. The van der Waals surface area contributed by atoms with Gasteiger partial charge in [0.25, 0.3) is 11.3 Å². The number of nitrogens with zero attached hydrogens (tertiary/aromatic N) is 4. The van der Waals surface area contributed by atoms with E-state index in [1.807, 2.05) is 30.3 Å². The van der Waals surface area contributed by atoms with Crippen LogP contribution in [0.3, 0.4) is 0 Å². The number of carbonyl (C=O) groups is 1. The highest BCUT2D eigenvalue weighted by Crippen LogP contribution is 2.41. The fraction of sp³-hybridized carbons (Fsp3) is 0.318. The maximum absolute atomic E-state index is 12.6. The molecule has 1 aliphatic carbocycles. The molecule has 0 saturated heterocycles. The molecule has 8 nitrogen and oxygen atoms in total. The first kappa shape index (κ1) is 19.8. The van der Waals surface area contributed by atoms with Crippen LogP contribution in [-0.4, -0.2) is 30.8 Å². The van der Waals surface area contributed by atoms with Crippen molar-refractivity contribution in [3.63, 3.8) is 0 Å². The summed E-state index contributed by atoms with van der Waals surface area (Å²) < 4.78 is 1.49. The highest BCUT2D eigenvalue weighted by Gasteiger charge is 2.37. The van der Waals surface area contributed by atoms with Crippen molar-refractivity contribution in [1.29, 1.82) is 0 Å². The van der Waals surface area contributed by atoms with Crippen molar-refractivity contribution >= 4 is 5.91 Å². The summed E-state index contributed by atoms with van der Waals surface area (Å²) in [6.07, 6.45) is 10.3. The largest absolute Gasteiger partial charge is 0.503 e. The zero-order valence-corrected chi connectivity index (χ0v) is 16.5. The Morgan fingerprint density at radius 3 is 2.53 bits per heavy atom. The zero-order chi connectivity index (χ0) is 21.0. The molecule has 1 aliphatic rings. The number of amides is 1. The average Bonchev–Trinajstić information content (AvgIpc) is 3.25. The van der Waals surface area contributed by atoms with E-state index in [0.717, 1.165) is 36.8 Å². The number of carbonyl (C=O) groups excluding carboxylic acids is 1. The van der Waals surface area contributed by atoms with Crippen molar-refractivity contribution in [3.05, 3.63) is 82.3 Å². The number of rotatable bonds is 6. The second-order valence-corrected chi connectivity index (χ2v) is 7.67. The molecule has 154 valence electrons. The third-order valence-electron chi connectivity index (χ3n) is 5.66. The molecule has 0 atom stereocenters. The van der Waals surface area contributed by atoms with Gasteiger partial charge in [-0.2, -0.15) is 5.10 Å². The van der Waals surface area contributed by atoms with Crippen LogP contribution in [0.2, 0.25) is 0 Å². The van der Waals surface area contributed by atoms with Gasteiger partial charge in [0.15, 0.2) is 11.4 Å². The Morgan fingerprint density at radius 1 is 1.13 bits per heavy atom. The number of aromatic nitrogens is 4. The fourth-order valence-electron chi connectivity index (χ4n) is 4.09. The molecule has 0 radical (unpaired) electrons. The number of hydrogen-bond acceptors (Lipinski definition) is 6. The highest BCUT2D eigenvalue weighted by molar-refractivity contribution is 5.92. The van der Waals surface area contributed by atoms with Gasteiger partial charge in [0.1, 0.15) is 6.33 Å². The summed E-state index contributed by atoms with van der Waals surface area (Å²) in [5, 5.41) is 17.1. The summed E-state index contributed by atoms with van der Waals surface area (Å²) in [5.74, 6) is -1.11. The van der Waals surface area contributed by atoms with Crippen LogP contribution < -0.4 is 10.7 Å². The van der Waals surface area contributed by atoms with Crippen molar-refractivity contribution < 1.29 is 9.90 Å². The van der Waals surface area contributed by atoms with E-state index in [9.17, 15) is 14.7 Å². The van der Waals surface area contributed by atoms with Crippen LogP contribution in [0, 0.1) is 0 Å². The van der Waals surface area contributed by atoms with E-state index < -0.39 is 17.1 Å². The lowest BCUT2D eigenvalue weighted by Gasteiger charge is -2.29. The number of benzene rings is 1. The molecule has 2 heterocycles. The first-order valence-corrected chi connectivity index (χ1v) is 9.96. The van der Waals surface area contributed by atoms with Gasteiger partial charge in [-0.15, -0.1) is 0 Å². The Labute approximate surface area is 173 Å². The van der Waals surface area contributed by atoms with E-state index in [2.05, 4.69) is 20.4 Å². The third-order valence-corrected chi connectivity index (χ3v) is 5.66.